The number of nitrogens with one attached hydrogen (secondary N) is 1. The maximum Gasteiger partial charge on any atom is 0.261 e. The van der Waals surface area contributed by atoms with Gasteiger partial charge < -0.3 is 0 Å². The fourth-order valence-electron chi connectivity index (χ4n) is 3.19. The fraction of sp³-hybridized carbons (Fsp3) is 0.0870. The summed E-state index contributed by atoms with van der Waals surface area (Å²) < 4.78 is 27.7. The van der Waals surface area contributed by atoms with Gasteiger partial charge in [0.1, 0.15) is 11.1 Å². The molecule has 156 valence electrons. The van der Waals surface area contributed by atoms with E-state index in [0.717, 1.165) is 5.56 Å². The Hall–Kier alpha value is -3.29. The molecular weight excluding hydrogens is 436 g/mol. The Morgan fingerprint density at radius 1 is 0.871 bits per heavy atom. The molecule has 31 heavy (non-hydrogen) atoms. The summed E-state index contributed by atoms with van der Waals surface area (Å²) in [7, 11) is -3.79. The second-order valence-electron chi connectivity index (χ2n) is 7.06. The van der Waals surface area contributed by atoms with Crippen molar-refractivity contribution in [1.82, 2.24) is 0 Å². The van der Waals surface area contributed by atoms with Gasteiger partial charge in [-0.3, -0.25) is 14.3 Å². The molecule has 1 aliphatic carbocycles. The second-order valence-corrected chi connectivity index (χ2v) is 9.18. The molecule has 0 bridgehead atoms. The van der Waals surface area contributed by atoms with Crippen LogP contribution in [-0.2, 0) is 10.0 Å². The monoisotopic (exact) mass is 452 g/mol. The molecule has 4 rings (SSSR count). The van der Waals surface area contributed by atoms with Crippen LogP contribution in [0.4, 0.5) is 11.4 Å². The normalized spacial score (nSPS) is 17.5. The quantitative estimate of drug-likeness (QED) is 0.587. The summed E-state index contributed by atoms with van der Waals surface area (Å²) in [4.78, 5) is 29.5. The van der Waals surface area contributed by atoms with E-state index in [1.807, 2.05) is 6.92 Å². The van der Waals surface area contributed by atoms with Crippen LogP contribution in [-0.4, -0.2) is 31.1 Å². The van der Waals surface area contributed by atoms with E-state index in [1.54, 1.807) is 48.5 Å². The van der Waals surface area contributed by atoms with Crippen molar-refractivity contribution in [1.29, 1.82) is 0 Å². The number of halogens is 1. The smallest absolute Gasteiger partial charge is 0.261 e. The Morgan fingerprint density at radius 2 is 1.48 bits per heavy atom. The SMILES string of the molecule is Cc1ccc(NS(=O)(=O)c2ccc(N=C3C(=O)c4ccccc4C(=O)C3Cl)cc2)cc1. The van der Waals surface area contributed by atoms with E-state index in [1.165, 1.54) is 24.3 Å². The van der Waals surface area contributed by atoms with Crippen molar-refractivity contribution < 1.29 is 18.0 Å². The van der Waals surface area contributed by atoms with E-state index >= 15 is 0 Å². The number of carbonyl (C=O) groups is 2. The number of hydrogen-bond acceptors (Lipinski definition) is 5. The van der Waals surface area contributed by atoms with Crippen molar-refractivity contribution in [3.05, 3.63) is 89.5 Å². The van der Waals surface area contributed by atoms with Crippen LogP contribution in [0.3, 0.4) is 0 Å². The molecule has 1 atom stereocenters. The number of carbonyl (C=O) groups excluding carboxylic acids is 2. The lowest BCUT2D eigenvalue weighted by Crippen LogP contribution is -2.37. The summed E-state index contributed by atoms with van der Waals surface area (Å²) in [5, 5.41) is -1.20. The number of sulfonamides is 1. The fourth-order valence-corrected chi connectivity index (χ4v) is 4.52. The number of Topliss-reactive ketones (excluding diaryl/α,β-unsaturated/α-hetero) is 2. The summed E-state index contributed by atoms with van der Waals surface area (Å²) in [6, 6.07) is 19.1. The molecule has 1 aliphatic rings. The van der Waals surface area contributed by atoms with Gasteiger partial charge in [-0.05, 0) is 43.3 Å². The average Bonchev–Trinajstić information content (AvgIpc) is 2.77. The van der Waals surface area contributed by atoms with Crippen LogP contribution in [0.2, 0.25) is 0 Å². The zero-order valence-corrected chi connectivity index (χ0v) is 17.9. The topological polar surface area (TPSA) is 92.7 Å². The summed E-state index contributed by atoms with van der Waals surface area (Å²) in [5.74, 6) is -0.815. The average molecular weight is 453 g/mol. The standard InChI is InChI=1S/C23H17ClN2O4S/c1-14-6-8-16(9-7-14)26-31(29,30)17-12-10-15(11-13-17)25-21-20(24)22(27)18-4-2-3-5-19(18)23(21)28/h2-13,20,26H,1H3. The first-order chi connectivity index (χ1) is 14.8. The number of aliphatic imine (C=N–C) groups is 1. The number of alkyl halides is 1. The highest BCUT2D eigenvalue weighted by Gasteiger charge is 2.37. The summed E-state index contributed by atoms with van der Waals surface area (Å²) in [6.45, 7) is 1.91. The van der Waals surface area contributed by atoms with E-state index < -0.39 is 27.0 Å². The highest BCUT2D eigenvalue weighted by molar-refractivity contribution is 7.92. The minimum absolute atomic E-state index is 0.0378. The predicted octanol–water partition coefficient (Wildman–Crippen LogP) is 4.55. The Labute approximate surface area is 184 Å². The van der Waals surface area contributed by atoms with E-state index in [2.05, 4.69) is 9.71 Å². The Balaban J connectivity index is 1.61. The Bertz CT molecular complexity index is 1310. The van der Waals surface area contributed by atoms with Crippen molar-refractivity contribution >= 4 is 50.3 Å². The van der Waals surface area contributed by atoms with Crippen molar-refractivity contribution in [2.75, 3.05) is 4.72 Å². The van der Waals surface area contributed by atoms with Gasteiger partial charge in [0.2, 0.25) is 5.78 Å². The van der Waals surface area contributed by atoms with Crippen molar-refractivity contribution in [3.63, 3.8) is 0 Å². The van der Waals surface area contributed by atoms with Crippen LogP contribution >= 0.6 is 11.6 Å². The molecule has 0 amide bonds. The van der Waals surface area contributed by atoms with Gasteiger partial charge in [0.15, 0.2) is 5.78 Å². The summed E-state index contributed by atoms with van der Waals surface area (Å²) in [6.07, 6.45) is 0. The van der Waals surface area contributed by atoms with E-state index in [0.29, 0.717) is 11.4 Å². The molecule has 6 nitrogen and oxygen atoms in total. The lowest BCUT2D eigenvalue weighted by atomic mass is 9.88. The van der Waals surface area contributed by atoms with Gasteiger partial charge in [-0.2, -0.15) is 0 Å². The molecule has 8 heteroatoms. The largest absolute Gasteiger partial charge is 0.292 e. The zero-order valence-electron chi connectivity index (χ0n) is 16.4. The third-order valence-corrected chi connectivity index (χ3v) is 6.64. The van der Waals surface area contributed by atoms with Crippen LogP contribution in [0.15, 0.2) is 82.7 Å². The maximum absolute atomic E-state index is 12.8. The summed E-state index contributed by atoms with van der Waals surface area (Å²) >= 11 is 6.20. The van der Waals surface area contributed by atoms with Crippen molar-refractivity contribution in [2.24, 2.45) is 4.99 Å². The van der Waals surface area contributed by atoms with E-state index in [9.17, 15) is 18.0 Å². The van der Waals surface area contributed by atoms with Gasteiger partial charge in [-0.25, -0.2) is 13.4 Å². The molecule has 1 N–H and O–H groups in total. The molecule has 0 radical (unpaired) electrons. The maximum atomic E-state index is 12.8. The lowest BCUT2D eigenvalue weighted by molar-refractivity contribution is 0.0968. The van der Waals surface area contributed by atoms with Crippen LogP contribution in [0.1, 0.15) is 26.3 Å². The molecule has 0 saturated heterocycles. The molecule has 0 aromatic heterocycles. The van der Waals surface area contributed by atoms with Crippen LogP contribution < -0.4 is 4.72 Å². The first-order valence-electron chi connectivity index (χ1n) is 9.36. The predicted molar refractivity (Wildman–Crippen MR) is 120 cm³/mol. The molecule has 0 fully saturated rings. The van der Waals surface area contributed by atoms with E-state index in [4.69, 9.17) is 11.6 Å². The first kappa shape index (κ1) is 21.0. The number of aryl methyl sites for hydroxylation is 1. The Kier molecular flexibility index (Phi) is 5.47. The van der Waals surface area contributed by atoms with Gasteiger partial charge in [-0.1, -0.05) is 42.0 Å². The number of rotatable bonds is 4. The molecule has 1 unspecified atom stereocenters. The van der Waals surface area contributed by atoms with E-state index in [-0.39, 0.29) is 21.7 Å². The highest BCUT2D eigenvalue weighted by Crippen LogP contribution is 2.26. The van der Waals surface area contributed by atoms with Crippen molar-refractivity contribution in [2.45, 2.75) is 17.2 Å². The van der Waals surface area contributed by atoms with Gasteiger partial charge in [0.05, 0.1) is 10.6 Å². The second kappa shape index (κ2) is 8.09. The summed E-state index contributed by atoms with van der Waals surface area (Å²) in [5.41, 5.74) is 2.22. The molecule has 0 spiro atoms. The highest BCUT2D eigenvalue weighted by atomic mass is 35.5. The third-order valence-electron chi connectivity index (χ3n) is 4.84. The first-order valence-corrected chi connectivity index (χ1v) is 11.3. The molecule has 0 aliphatic heterocycles. The molecule has 3 aromatic carbocycles. The van der Waals surface area contributed by atoms with Gasteiger partial charge in [0.25, 0.3) is 10.0 Å². The number of anilines is 1. The molecule has 0 saturated carbocycles. The molecule has 3 aromatic rings. The van der Waals surface area contributed by atoms with Crippen LogP contribution in [0.25, 0.3) is 0 Å². The number of fused-ring (bicyclic) bond motifs is 1. The minimum Gasteiger partial charge on any atom is -0.292 e. The van der Waals surface area contributed by atoms with Gasteiger partial charge in [0, 0.05) is 16.8 Å². The molecular formula is C23H17ClN2O4S. The van der Waals surface area contributed by atoms with Crippen LogP contribution in [0.5, 0.6) is 0 Å². The zero-order chi connectivity index (χ0) is 22.2. The lowest BCUT2D eigenvalue weighted by Gasteiger charge is -2.19. The number of benzene rings is 3. The van der Waals surface area contributed by atoms with Gasteiger partial charge in [-0.15, -0.1) is 11.6 Å². The number of nitrogens with zero attached hydrogens (tertiary/aromatic N) is 1. The number of hydrogen-bond donors (Lipinski definition) is 1. The van der Waals surface area contributed by atoms with Crippen molar-refractivity contribution in [3.8, 4) is 0 Å². The van der Waals surface area contributed by atoms with Crippen LogP contribution in [0, 0.1) is 6.92 Å². The number of ketones is 2. The Morgan fingerprint density at radius 3 is 2.13 bits per heavy atom. The van der Waals surface area contributed by atoms with Gasteiger partial charge >= 0.3 is 0 Å². The minimum atomic E-state index is -3.79. The molecule has 0 heterocycles. The third kappa shape index (κ3) is 4.15.